The van der Waals surface area contributed by atoms with Gasteiger partial charge in [-0.15, -0.1) is 0 Å². The molecule has 5 nitrogen and oxygen atoms in total. The number of rotatable bonds is 4. The minimum atomic E-state index is -0.0127. The zero-order valence-corrected chi connectivity index (χ0v) is 13.6. The van der Waals surface area contributed by atoms with E-state index in [0.717, 1.165) is 40.9 Å². The fourth-order valence-electron chi connectivity index (χ4n) is 3.32. The van der Waals surface area contributed by atoms with Gasteiger partial charge in [-0.05, 0) is 12.5 Å². The Morgan fingerprint density at radius 1 is 1.29 bits per heavy atom. The summed E-state index contributed by atoms with van der Waals surface area (Å²) >= 11 is 0. The average Bonchev–Trinajstić information content (AvgIpc) is 3.19. The Bertz CT molecular complexity index is 900. The van der Waals surface area contributed by atoms with Crippen molar-refractivity contribution in [1.82, 2.24) is 14.9 Å². The lowest BCUT2D eigenvalue weighted by Gasteiger charge is -2.06. The quantitative estimate of drug-likeness (QED) is 0.803. The molecule has 0 fully saturated rings. The molecular weight excluding hydrogens is 302 g/mol. The van der Waals surface area contributed by atoms with E-state index in [1.54, 1.807) is 6.92 Å². The van der Waals surface area contributed by atoms with Crippen LogP contribution in [-0.4, -0.2) is 28.7 Å². The van der Waals surface area contributed by atoms with Crippen LogP contribution in [-0.2, 0) is 17.6 Å². The highest BCUT2D eigenvalue weighted by atomic mass is 16.5. The second-order valence-electron chi connectivity index (χ2n) is 5.98. The number of nitrogens with zero attached hydrogens (tertiary/aromatic N) is 2. The molecule has 5 heteroatoms. The van der Waals surface area contributed by atoms with E-state index in [4.69, 9.17) is 9.84 Å². The SMILES string of the molecule is CC(=O)NCCc1c(-c2ccccc2)nn2ccc3c(c12)CCO3. The predicted octanol–water partition coefficient (Wildman–Crippen LogP) is 2.61. The van der Waals surface area contributed by atoms with E-state index in [0.29, 0.717) is 13.2 Å². The molecule has 3 heterocycles. The van der Waals surface area contributed by atoms with Gasteiger partial charge in [0.25, 0.3) is 0 Å². The topological polar surface area (TPSA) is 55.6 Å². The standard InChI is InChI=1S/C19H19N3O2/c1-13(23)20-10-7-16-18(14-5-3-2-4-6-14)21-22-11-8-17-15(19(16)22)9-12-24-17/h2-6,8,11H,7,9-10,12H2,1H3,(H,20,23). The minimum Gasteiger partial charge on any atom is -0.493 e. The van der Waals surface area contributed by atoms with E-state index in [-0.39, 0.29) is 5.91 Å². The zero-order valence-electron chi connectivity index (χ0n) is 13.6. The molecule has 1 aliphatic rings. The van der Waals surface area contributed by atoms with Crippen molar-refractivity contribution in [1.29, 1.82) is 0 Å². The second kappa shape index (κ2) is 6.00. The summed E-state index contributed by atoms with van der Waals surface area (Å²) < 4.78 is 7.65. The molecule has 1 aliphatic heterocycles. The Morgan fingerprint density at radius 3 is 2.92 bits per heavy atom. The van der Waals surface area contributed by atoms with Crippen molar-refractivity contribution in [3.63, 3.8) is 0 Å². The maximum atomic E-state index is 11.2. The van der Waals surface area contributed by atoms with Gasteiger partial charge in [-0.3, -0.25) is 4.79 Å². The van der Waals surface area contributed by atoms with Crippen molar-refractivity contribution in [3.8, 4) is 17.0 Å². The van der Waals surface area contributed by atoms with Gasteiger partial charge in [0, 0.05) is 42.8 Å². The smallest absolute Gasteiger partial charge is 0.216 e. The molecule has 0 saturated carbocycles. The molecule has 0 atom stereocenters. The Kier molecular flexibility index (Phi) is 3.69. The molecule has 0 saturated heterocycles. The van der Waals surface area contributed by atoms with Crippen LogP contribution in [0.25, 0.3) is 16.8 Å². The first-order valence-electron chi connectivity index (χ1n) is 8.20. The Morgan fingerprint density at radius 2 is 2.12 bits per heavy atom. The van der Waals surface area contributed by atoms with Crippen LogP contribution in [0.15, 0.2) is 42.6 Å². The van der Waals surface area contributed by atoms with Crippen LogP contribution in [0, 0.1) is 0 Å². The maximum Gasteiger partial charge on any atom is 0.216 e. The molecule has 24 heavy (non-hydrogen) atoms. The maximum absolute atomic E-state index is 11.2. The van der Waals surface area contributed by atoms with E-state index in [1.165, 1.54) is 5.56 Å². The number of hydrogen-bond acceptors (Lipinski definition) is 3. The molecule has 4 rings (SSSR count). The molecule has 0 radical (unpaired) electrons. The first kappa shape index (κ1) is 14.8. The van der Waals surface area contributed by atoms with Crippen LogP contribution in [0.2, 0.25) is 0 Å². The lowest BCUT2D eigenvalue weighted by atomic mass is 10.0. The van der Waals surface area contributed by atoms with E-state index < -0.39 is 0 Å². The van der Waals surface area contributed by atoms with Gasteiger partial charge < -0.3 is 10.1 Å². The second-order valence-corrected chi connectivity index (χ2v) is 5.98. The fraction of sp³-hybridized carbons (Fsp3) is 0.263. The number of pyridine rings is 1. The summed E-state index contributed by atoms with van der Waals surface area (Å²) in [6.07, 6.45) is 3.59. The number of hydrogen-bond donors (Lipinski definition) is 1. The van der Waals surface area contributed by atoms with E-state index in [2.05, 4.69) is 17.4 Å². The van der Waals surface area contributed by atoms with Crippen molar-refractivity contribution in [3.05, 3.63) is 53.7 Å². The fourth-order valence-corrected chi connectivity index (χ4v) is 3.32. The largest absolute Gasteiger partial charge is 0.493 e. The summed E-state index contributed by atoms with van der Waals surface area (Å²) in [7, 11) is 0. The number of aromatic nitrogens is 2. The molecule has 0 aliphatic carbocycles. The van der Waals surface area contributed by atoms with Crippen LogP contribution >= 0.6 is 0 Å². The third-order valence-electron chi connectivity index (χ3n) is 4.36. The van der Waals surface area contributed by atoms with Gasteiger partial charge in [-0.2, -0.15) is 5.10 Å². The molecular formula is C19H19N3O2. The Balaban J connectivity index is 1.86. The molecule has 0 unspecified atom stereocenters. The summed E-state index contributed by atoms with van der Waals surface area (Å²) in [6, 6.07) is 12.2. The molecule has 2 aromatic heterocycles. The predicted molar refractivity (Wildman–Crippen MR) is 92.2 cm³/mol. The Hall–Kier alpha value is -2.82. The first-order chi connectivity index (χ1) is 11.7. The van der Waals surface area contributed by atoms with Crippen LogP contribution in [0.4, 0.5) is 0 Å². The number of fused-ring (bicyclic) bond motifs is 3. The third-order valence-corrected chi connectivity index (χ3v) is 4.36. The first-order valence-corrected chi connectivity index (χ1v) is 8.20. The van der Waals surface area contributed by atoms with Crippen LogP contribution < -0.4 is 10.1 Å². The van der Waals surface area contributed by atoms with Crippen molar-refractivity contribution in [2.45, 2.75) is 19.8 Å². The molecule has 0 spiro atoms. The summed E-state index contributed by atoms with van der Waals surface area (Å²) in [4.78, 5) is 11.2. The van der Waals surface area contributed by atoms with Gasteiger partial charge in [0.15, 0.2) is 0 Å². The lowest BCUT2D eigenvalue weighted by Crippen LogP contribution is -2.22. The number of carbonyl (C=O) groups excluding carboxylic acids is 1. The molecule has 0 bridgehead atoms. The summed E-state index contributed by atoms with van der Waals surface area (Å²) in [5.41, 5.74) is 5.56. The van der Waals surface area contributed by atoms with Crippen LogP contribution in [0.1, 0.15) is 18.1 Å². The van der Waals surface area contributed by atoms with Gasteiger partial charge in [0.05, 0.1) is 17.8 Å². The van der Waals surface area contributed by atoms with E-state index in [1.807, 2.05) is 35.0 Å². The van der Waals surface area contributed by atoms with E-state index >= 15 is 0 Å². The van der Waals surface area contributed by atoms with Crippen LogP contribution in [0.3, 0.4) is 0 Å². The van der Waals surface area contributed by atoms with E-state index in [9.17, 15) is 4.79 Å². The highest BCUT2D eigenvalue weighted by Crippen LogP contribution is 2.35. The lowest BCUT2D eigenvalue weighted by molar-refractivity contribution is -0.118. The highest BCUT2D eigenvalue weighted by Gasteiger charge is 2.22. The highest BCUT2D eigenvalue weighted by molar-refractivity contribution is 5.77. The minimum absolute atomic E-state index is 0.0127. The van der Waals surface area contributed by atoms with Crippen molar-refractivity contribution < 1.29 is 9.53 Å². The summed E-state index contributed by atoms with van der Waals surface area (Å²) in [6.45, 7) is 2.85. The molecule has 1 N–H and O–H groups in total. The monoisotopic (exact) mass is 321 g/mol. The number of amides is 1. The summed E-state index contributed by atoms with van der Waals surface area (Å²) in [5.74, 6) is 0.934. The Labute approximate surface area is 140 Å². The number of ether oxygens (including phenoxy) is 1. The van der Waals surface area contributed by atoms with Gasteiger partial charge in [-0.25, -0.2) is 4.52 Å². The zero-order chi connectivity index (χ0) is 16.5. The van der Waals surface area contributed by atoms with Crippen molar-refractivity contribution in [2.24, 2.45) is 0 Å². The van der Waals surface area contributed by atoms with Gasteiger partial charge in [-0.1, -0.05) is 30.3 Å². The third kappa shape index (κ3) is 2.52. The van der Waals surface area contributed by atoms with Gasteiger partial charge in [0.1, 0.15) is 5.75 Å². The molecule has 1 aromatic carbocycles. The molecule has 1 amide bonds. The molecule has 122 valence electrons. The summed E-state index contributed by atoms with van der Waals surface area (Å²) in [5, 5.41) is 7.69. The van der Waals surface area contributed by atoms with Gasteiger partial charge in [0.2, 0.25) is 5.91 Å². The van der Waals surface area contributed by atoms with Gasteiger partial charge >= 0.3 is 0 Å². The number of benzene rings is 1. The molecule has 3 aromatic rings. The van der Waals surface area contributed by atoms with Crippen molar-refractivity contribution in [2.75, 3.05) is 13.2 Å². The normalized spacial score (nSPS) is 12.9. The van der Waals surface area contributed by atoms with Crippen LogP contribution in [0.5, 0.6) is 5.75 Å². The number of nitrogens with one attached hydrogen (secondary N) is 1. The van der Waals surface area contributed by atoms with Crippen molar-refractivity contribution >= 4 is 11.4 Å². The average molecular weight is 321 g/mol. The number of carbonyl (C=O) groups is 1.